The molecule has 1 aromatic carbocycles. The molecule has 1 aliphatic rings. The van der Waals surface area contributed by atoms with Crippen LogP contribution in [-0.2, 0) is 9.59 Å². The van der Waals surface area contributed by atoms with Crippen LogP contribution >= 0.6 is 0 Å². The van der Waals surface area contributed by atoms with Crippen molar-refractivity contribution in [1.82, 2.24) is 10.2 Å². The predicted molar refractivity (Wildman–Crippen MR) is 89.3 cm³/mol. The minimum absolute atomic E-state index is 0.0945. The maximum absolute atomic E-state index is 12.3. The molecule has 0 saturated heterocycles. The van der Waals surface area contributed by atoms with Gasteiger partial charge in [-0.05, 0) is 57.2 Å². The average Bonchev–Trinajstić information content (AvgIpc) is 3.31. The van der Waals surface area contributed by atoms with Gasteiger partial charge in [-0.15, -0.1) is 0 Å². The number of rotatable bonds is 7. The number of carboxylic acid groups (broad SMARTS) is 1. The Balaban J connectivity index is 1.97. The molecule has 0 aromatic heterocycles. The Kier molecular flexibility index (Phi) is 5.42. The zero-order chi connectivity index (χ0) is 17.1. The van der Waals surface area contributed by atoms with Gasteiger partial charge in [-0.2, -0.15) is 0 Å². The van der Waals surface area contributed by atoms with E-state index in [1.54, 1.807) is 11.8 Å². The third kappa shape index (κ3) is 4.55. The summed E-state index contributed by atoms with van der Waals surface area (Å²) in [6, 6.07) is 5.65. The lowest BCUT2D eigenvalue weighted by molar-refractivity contribution is -0.143. The molecule has 2 unspecified atom stereocenters. The molecule has 1 saturated carbocycles. The van der Waals surface area contributed by atoms with Crippen molar-refractivity contribution in [3.05, 3.63) is 34.9 Å². The number of aliphatic carboxylic acids is 1. The van der Waals surface area contributed by atoms with Gasteiger partial charge in [0.25, 0.3) is 0 Å². The van der Waals surface area contributed by atoms with E-state index in [1.807, 2.05) is 13.0 Å². The summed E-state index contributed by atoms with van der Waals surface area (Å²) in [6.45, 7) is 7.83. The molecular formula is C18H26N2O3. The quantitative estimate of drug-likeness (QED) is 0.810. The molecule has 5 nitrogen and oxygen atoms in total. The maximum atomic E-state index is 12.3. The van der Waals surface area contributed by atoms with Crippen LogP contribution in [-0.4, -0.2) is 40.5 Å². The Bertz CT molecular complexity index is 596. The van der Waals surface area contributed by atoms with E-state index in [0.29, 0.717) is 0 Å². The van der Waals surface area contributed by atoms with Gasteiger partial charge in [0.15, 0.2) is 0 Å². The molecule has 1 aromatic rings. The van der Waals surface area contributed by atoms with Crippen LogP contribution in [0, 0.1) is 13.8 Å². The SMILES string of the molecule is Cc1ccc(C(C)NC(=O)CN(C2CC2)C(C)C(=O)O)cc1C. The lowest BCUT2D eigenvalue weighted by atomic mass is 10.0. The predicted octanol–water partition coefficient (Wildman–Crippen LogP) is 2.42. The topological polar surface area (TPSA) is 69.6 Å². The van der Waals surface area contributed by atoms with Gasteiger partial charge in [0, 0.05) is 6.04 Å². The van der Waals surface area contributed by atoms with Crippen LogP contribution in [0.4, 0.5) is 0 Å². The van der Waals surface area contributed by atoms with Gasteiger partial charge in [0.2, 0.25) is 5.91 Å². The van der Waals surface area contributed by atoms with E-state index in [4.69, 9.17) is 0 Å². The van der Waals surface area contributed by atoms with Crippen LogP contribution in [0.3, 0.4) is 0 Å². The molecule has 1 fully saturated rings. The lowest BCUT2D eigenvalue weighted by Gasteiger charge is -2.26. The van der Waals surface area contributed by atoms with Crippen molar-refractivity contribution in [2.24, 2.45) is 0 Å². The molecule has 1 aliphatic carbocycles. The summed E-state index contributed by atoms with van der Waals surface area (Å²) in [6.07, 6.45) is 1.94. The zero-order valence-electron chi connectivity index (χ0n) is 14.3. The van der Waals surface area contributed by atoms with Gasteiger partial charge < -0.3 is 10.4 Å². The van der Waals surface area contributed by atoms with Crippen LogP contribution in [0.15, 0.2) is 18.2 Å². The van der Waals surface area contributed by atoms with Crippen molar-refractivity contribution in [3.8, 4) is 0 Å². The van der Waals surface area contributed by atoms with Crippen molar-refractivity contribution < 1.29 is 14.7 Å². The highest BCUT2D eigenvalue weighted by atomic mass is 16.4. The summed E-state index contributed by atoms with van der Waals surface area (Å²) in [7, 11) is 0. The molecule has 0 radical (unpaired) electrons. The largest absolute Gasteiger partial charge is 0.480 e. The highest BCUT2D eigenvalue weighted by molar-refractivity contribution is 5.80. The van der Waals surface area contributed by atoms with E-state index < -0.39 is 12.0 Å². The fourth-order valence-corrected chi connectivity index (χ4v) is 2.70. The van der Waals surface area contributed by atoms with Crippen molar-refractivity contribution >= 4 is 11.9 Å². The molecule has 2 rings (SSSR count). The molecule has 1 amide bonds. The third-order valence-electron chi connectivity index (χ3n) is 4.61. The van der Waals surface area contributed by atoms with Gasteiger partial charge in [0.05, 0.1) is 12.6 Å². The van der Waals surface area contributed by atoms with Crippen molar-refractivity contribution in [3.63, 3.8) is 0 Å². The Morgan fingerprint density at radius 2 is 1.91 bits per heavy atom. The number of benzene rings is 1. The van der Waals surface area contributed by atoms with Crippen LogP contribution in [0.1, 0.15) is 49.4 Å². The fraction of sp³-hybridized carbons (Fsp3) is 0.556. The summed E-state index contributed by atoms with van der Waals surface area (Å²) >= 11 is 0. The van der Waals surface area contributed by atoms with Crippen molar-refractivity contribution in [2.45, 2.75) is 58.7 Å². The number of hydrogen-bond donors (Lipinski definition) is 2. The third-order valence-corrected chi connectivity index (χ3v) is 4.61. The molecule has 0 spiro atoms. The summed E-state index contributed by atoms with van der Waals surface area (Å²) in [5, 5.41) is 12.2. The standard InChI is InChI=1S/C18H26N2O3/c1-11-5-6-15(9-12(11)2)13(3)19-17(21)10-20(16-7-8-16)14(4)18(22)23/h5-6,9,13-14,16H,7-8,10H2,1-4H3,(H,19,21)(H,22,23). The van der Waals surface area contributed by atoms with E-state index in [-0.39, 0.29) is 24.5 Å². The first-order valence-corrected chi connectivity index (χ1v) is 8.14. The molecule has 2 N–H and O–H groups in total. The number of aryl methyl sites for hydroxylation is 2. The smallest absolute Gasteiger partial charge is 0.320 e. The fourth-order valence-electron chi connectivity index (χ4n) is 2.70. The maximum Gasteiger partial charge on any atom is 0.320 e. The first kappa shape index (κ1) is 17.5. The first-order chi connectivity index (χ1) is 10.8. The van der Waals surface area contributed by atoms with Gasteiger partial charge in [-0.25, -0.2) is 0 Å². The van der Waals surface area contributed by atoms with E-state index >= 15 is 0 Å². The van der Waals surface area contributed by atoms with E-state index in [9.17, 15) is 14.7 Å². The van der Waals surface area contributed by atoms with Gasteiger partial charge >= 0.3 is 5.97 Å². The number of carbonyl (C=O) groups is 2. The minimum Gasteiger partial charge on any atom is -0.480 e. The number of amides is 1. The second-order valence-electron chi connectivity index (χ2n) is 6.55. The molecular weight excluding hydrogens is 292 g/mol. The van der Waals surface area contributed by atoms with E-state index in [0.717, 1.165) is 18.4 Å². The number of carbonyl (C=O) groups excluding carboxylic acids is 1. The Morgan fingerprint density at radius 1 is 1.26 bits per heavy atom. The summed E-state index contributed by atoms with van der Waals surface area (Å²) in [4.78, 5) is 25.3. The molecule has 5 heteroatoms. The number of nitrogens with zero attached hydrogens (tertiary/aromatic N) is 1. The molecule has 23 heavy (non-hydrogen) atoms. The molecule has 0 bridgehead atoms. The Labute approximate surface area is 137 Å². The summed E-state index contributed by atoms with van der Waals surface area (Å²) < 4.78 is 0. The summed E-state index contributed by atoms with van der Waals surface area (Å²) in [5.41, 5.74) is 3.48. The number of carboxylic acids is 1. The Morgan fingerprint density at radius 3 is 2.43 bits per heavy atom. The number of hydrogen-bond acceptors (Lipinski definition) is 3. The average molecular weight is 318 g/mol. The molecule has 0 heterocycles. The van der Waals surface area contributed by atoms with Crippen molar-refractivity contribution in [2.75, 3.05) is 6.54 Å². The molecule has 0 aliphatic heterocycles. The van der Waals surface area contributed by atoms with Crippen LogP contribution < -0.4 is 5.32 Å². The van der Waals surface area contributed by atoms with Crippen molar-refractivity contribution in [1.29, 1.82) is 0 Å². The highest BCUT2D eigenvalue weighted by Crippen LogP contribution is 2.28. The highest BCUT2D eigenvalue weighted by Gasteiger charge is 2.36. The van der Waals surface area contributed by atoms with Gasteiger partial charge in [0.1, 0.15) is 6.04 Å². The van der Waals surface area contributed by atoms with E-state index in [1.165, 1.54) is 11.1 Å². The van der Waals surface area contributed by atoms with Crippen LogP contribution in [0.5, 0.6) is 0 Å². The van der Waals surface area contributed by atoms with E-state index in [2.05, 4.69) is 31.3 Å². The van der Waals surface area contributed by atoms with Crippen LogP contribution in [0.2, 0.25) is 0 Å². The monoisotopic (exact) mass is 318 g/mol. The second kappa shape index (κ2) is 7.13. The zero-order valence-corrected chi connectivity index (χ0v) is 14.3. The minimum atomic E-state index is -0.882. The number of nitrogens with one attached hydrogen (secondary N) is 1. The Hall–Kier alpha value is -1.88. The molecule has 2 atom stereocenters. The lowest BCUT2D eigenvalue weighted by Crippen LogP contribution is -2.46. The summed E-state index contributed by atoms with van der Waals surface area (Å²) in [5.74, 6) is -1.01. The van der Waals surface area contributed by atoms with Gasteiger partial charge in [-0.1, -0.05) is 18.2 Å². The first-order valence-electron chi connectivity index (χ1n) is 8.14. The second-order valence-corrected chi connectivity index (χ2v) is 6.55. The molecule has 126 valence electrons. The van der Waals surface area contributed by atoms with Gasteiger partial charge in [-0.3, -0.25) is 14.5 Å². The normalized spacial score (nSPS) is 16.9. The van der Waals surface area contributed by atoms with Crippen LogP contribution in [0.25, 0.3) is 0 Å².